The third-order valence-corrected chi connectivity index (χ3v) is 5.78. The SMILES string of the molecule is CN(C)c1nc2c(c(N3CCC(c4nccn4CC(N)=O)CC3)n1)CCCC2. The fraction of sp³-hybridized carbons (Fsp3) is 0.600. The number of primary amides is 1. The first-order valence-electron chi connectivity index (χ1n) is 10.1. The zero-order valence-electron chi connectivity index (χ0n) is 16.8. The Balaban J connectivity index is 1.53. The number of hydrogen-bond donors (Lipinski definition) is 1. The van der Waals surface area contributed by atoms with Crippen molar-refractivity contribution in [3.05, 3.63) is 29.5 Å². The number of amides is 1. The van der Waals surface area contributed by atoms with E-state index in [1.54, 1.807) is 6.20 Å². The predicted molar refractivity (Wildman–Crippen MR) is 109 cm³/mol. The van der Waals surface area contributed by atoms with Crippen LogP contribution in [-0.2, 0) is 24.2 Å². The van der Waals surface area contributed by atoms with Crippen molar-refractivity contribution in [1.82, 2.24) is 19.5 Å². The van der Waals surface area contributed by atoms with E-state index in [-0.39, 0.29) is 12.5 Å². The first-order chi connectivity index (χ1) is 13.5. The van der Waals surface area contributed by atoms with Crippen molar-refractivity contribution in [1.29, 1.82) is 0 Å². The Hall–Kier alpha value is -2.64. The molecule has 0 bridgehead atoms. The Morgan fingerprint density at radius 3 is 2.68 bits per heavy atom. The lowest BCUT2D eigenvalue weighted by molar-refractivity contribution is -0.118. The second-order valence-corrected chi connectivity index (χ2v) is 8.01. The molecule has 2 aliphatic rings. The van der Waals surface area contributed by atoms with Gasteiger partial charge in [0, 0.05) is 51.1 Å². The molecule has 2 N–H and O–H groups in total. The maximum atomic E-state index is 11.3. The van der Waals surface area contributed by atoms with Crippen molar-refractivity contribution < 1.29 is 4.79 Å². The summed E-state index contributed by atoms with van der Waals surface area (Å²) in [5.41, 5.74) is 7.93. The van der Waals surface area contributed by atoms with Gasteiger partial charge in [-0.2, -0.15) is 4.98 Å². The molecule has 2 aromatic heterocycles. The molecule has 0 unspecified atom stereocenters. The van der Waals surface area contributed by atoms with Gasteiger partial charge in [0.1, 0.15) is 18.2 Å². The number of imidazole rings is 1. The van der Waals surface area contributed by atoms with Gasteiger partial charge in [0.25, 0.3) is 0 Å². The van der Waals surface area contributed by atoms with Crippen LogP contribution >= 0.6 is 0 Å². The second-order valence-electron chi connectivity index (χ2n) is 8.01. The minimum Gasteiger partial charge on any atom is -0.368 e. The average Bonchev–Trinajstić information content (AvgIpc) is 3.14. The van der Waals surface area contributed by atoms with Crippen LogP contribution in [0.15, 0.2) is 12.4 Å². The van der Waals surface area contributed by atoms with Crippen LogP contribution in [0.2, 0.25) is 0 Å². The first kappa shape index (κ1) is 18.7. The van der Waals surface area contributed by atoms with E-state index in [0.29, 0.717) is 5.92 Å². The van der Waals surface area contributed by atoms with E-state index in [9.17, 15) is 4.79 Å². The summed E-state index contributed by atoms with van der Waals surface area (Å²) >= 11 is 0. The lowest BCUT2D eigenvalue weighted by atomic mass is 9.93. The fourth-order valence-electron chi connectivity index (χ4n) is 4.35. The van der Waals surface area contributed by atoms with Crippen molar-refractivity contribution in [2.45, 2.75) is 51.0 Å². The second kappa shape index (κ2) is 7.77. The summed E-state index contributed by atoms with van der Waals surface area (Å²) in [5.74, 6) is 2.90. The van der Waals surface area contributed by atoms with Crippen molar-refractivity contribution in [2.24, 2.45) is 5.73 Å². The van der Waals surface area contributed by atoms with Gasteiger partial charge in [-0.25, -0.2) is 9.97 Å². The third kappa shape index (κ3) is 3.68. The maximum absolute atomic E-state index is 11.3. The summed E-state index contributed by atoms with van der Waals surface area (Å²) in [6.45, 7) is 2.07. The summed E-state index contributed by atoms with van der Waals surface area (Å²) in [6.07, 6.45) is 10.1. The predicted octanol–water partition coefficient (Wildman–Crippen LogP) is 1.49. The number of nitrogens with zero attached hydrogens (tertiary/aromatic N) is 6. The van der Waals surface area contributed by atoms with E-state index in [4.69, 9.17) is 15.7 Å². The minimum atomic E-state index is -0.333. The lowest BCUT2D eigenvalue weighted by Gasteiger charge is -2.35. The van der Waals surface area contributed by atoms with E-state index in [1.807, 2.05) is 29.8 Å². The van der Waals surface area contributed by atoms with Crippen LogP contribution in [0.4, 0.5) is 11.8 Å². The number of carbonyl (C=O) groups excluding carboxylic acids is 1. The van der Waals surface area contributed by atoms with E-state index < -0.39 is 0 Å². The topological polar surface area (TPSA) is 93.2 Å². The summed E-state index contributed by atoms with van der Waals surface area (Å²) in [4.78, 5) is 29.9. The highest BCUT2D eigenvalue weighted by Gasteiger charge is 2.28. The molecule has 8 nitrogen and oxygen atoms in total. The Kier molecular flexibility index (Phi) is 5.19. The van der Waals surface area contributed by atoms with E-state index in [0.717, 1.165) is 56.4 Å². The van der Waals surface area contributed by atoms with Gasteiger partial charge in [-0.15, -0.1) is 0 Å². The van der Waals surface area contributed by atoms with Crippen LogP contribution in [0.1, 0.15) is 48.7 Å². The zero-order valence-corrected chi connectivity index (χ0v) is 16.8. The van der Waals surface area contributed by atoms with Crippen molar-refractivity contribution in [2.75, 3.05) is 37.0 Å². The molecule has 8 heteroatoms. The summed E-state index contributed by atoms with van der Waals surface area (Å²) in [7, 11) is 4.00. The van der Waals surface area contributed by atoms with Crippen LogP contribution in [0.25, 0.3) is 0 Å². The molecule has 0 aromatic carbocycles. The molecule has 4 rings (SSSR count). The zero-order chi connectivity index (χ0) is 19.7. The molecule has 1 amide bonds. The summed E-state index contributed by atoms with van der Waals surface area (Å²) < 4.78 is 1.89. The summed E-state index contributed by atoms with van der Waals surface area (Å²) in [5, 5.41) is 0. The van der Waals surface area contributed by atoms with Gasteiger partial charge in [0.05, 0.1) is 5.69 Å². The molecule has 150 valence electrons. The van der Waals surface area contributed by atoms with Crippen LogP contribution in [0.3, 0.4) is 0 Å². The van der Waals surface area contributed by atoms with Gasteiger partial charge in [-0.3, -0.25) is 4.79 Å². The summed E-state index contributed by atoms with van der Waals surface area (Å²) in [6, 6.07) is 0. The monoisotopic (exact) mass is 383 g/mol. The number of anilines is 2. The van der Waals surface area contributed by atoms with Crippen LogP contribution in [-0.4, -0.2) is 52.6 Å². The normalized spacial score (nSPS) is 17.4. The van der Waals surface area contributed by atoms with Crippen molar-refractivity contribution >= 4 is 17.7 Å². The molecular formula is C20H29N7O. The first-order valence-corrected chi connectivity index (χ1v) is 10.1. The van der Waals surface area contributed by atoms with Gasteiger partial charge < -0.3 is 20.1 Å². The number of aromatic nitrogens is 4. The molecule has 3 heterocycles. The van der Waals surface area contributed by atoms with Crippen LogP contribution in [0, 0.1) is 0 Å². The largest absolute Gasteiger partial charge is 0.368 e. The van der Waals surface area contributed by atoms with Gasteiger partial charge >= 0.3 is 0 Å². The van der Waals surface area contributed by atoms with E-state index in [2.05, 4.69) is 9.88 Å². The Labute approximate surface area is 165 Å². The number of fused-ring (bicyclic) bond motifs is 1. The molecule has 28 heavy (non-hydrogen) atoms. The number of nitrogens with two attached hydrogens (primary N) is 1. The highest BCUT2D eigenvalue weighted by molar-refractivity contribution is 5.73. The highest BCUT2D eigenvalue weighted by atomic mass is 16.1. The van der Waals surface area contributed by atoms with Crippen molar-refractivity contribution in [3.63, 3.8) is 0 Å². The van der Waals surface area contributed by atoms with Crippen LogP contribution in [0.5, 0.6) is 0 Å². The Morgan fingerprint density at radius 1 is 1.21 bits per heavy atom. The minimum absolute atomic E-state index is 0.196. The molecule has 0 atom stereocenters. The van der Waals surface area contributed by atoms with E-state index in [1.165, 1.54) is 24.1 Å². The number of carbonyl (C=O) groups is 1. The smallest absolute Gasteiger partial charge is 0.237 e. The number of piperidine rings is 1. The van der Waals surface area contributed by atoms with Gasteiger partial charge in [0.2, 0.25) is 11.9 Å². The molecule has 1 fully saturated rings. The fourth-order valence-corrected chi connectivity index (χ4v) is 4.35. The Bertz CT molecular complexity index is 852. The molecule has 2 aromatic rings. The standard InChI is InChI=1S/C20H29N7O/c1-25(2)20-23-16-6-4-3-5-15(16)19(24-20)26-10-7-14(8-11-26)18-22-9-12-27(18)13-17(21)28/h9,12,14H,3-8,10-11,13H2,1-2H3,(H2,21,28). The van der Waals surface area contributed by atoms with Gasteiger partial charge in [-0.1, -0.05) is 0 Å². The number of aryl methyl sites for hydroxylation is 1. The molecule has 1 aliphatic heterocycles. The third-order valence-electron chi connectivity index (χ3n) is 5.78. The van der Waals surface area contributed by atoms with Gasteiger partial charge in [-0.05, 0) is 38.5 Å². The quantitative estimate of drug-likeness (QED) is 0.841. The van der Waals surface area contributed by atoms with E-state index >= 15 is 0 Å². The molecular weight excluding hydrogens is 354 g/mol. The van der Waals surface area contributed by atoms with Crippen molar-refractivity contribution in [3.8, 4) is 0 Å². The molecule has 1 saturated heterocycles. The average molecular weight is 384 g/mol. The van der Waals surface area contributed by atoms with Gasteiger partial charge in [0.15, 0.2) is 0 Å². The molecule has 1 aliphatic carbocycles. The molecule has 0 radical (unpaired) electrons. The van der Waals surface area contributed by atoms with Crippen LogP contribution < -0.4 is 15.5 Å². The maximum Gasteiger partial charge on any atom is 0.237 e. The lowest BCUT2D eigenvalue weighted by Crippen LogP contribution is -2.36. The highest BCUT2D eigenvalue weighted by Crippen LogP contribution is 2.34. The number of rotatable bonds is 5. The Morgan fingerprint density at radius 2 is 1.96 bits per heavy atom. The molecule has 0 spiro atoms. The number of hydrogen-bond acceptors (Lipinski definition) is 6. The molecule has 0 saturated carbocycles.